The molecule has 0 atom stereocenters. The molecule has 1 N–H and O–H groups in total. The highest BCUT2D eigenvalue weighted by Gasteiger charge is 1.97. The van der Waals surface area contributed by atoms with Crippen LogP contribution in [0.5, 0.6) is 0 Å². The monoisotopic (exact) mass is 162 g/mol. The minimum absolute atomic E-state index is 0.187. The van der Waals surface area contributed by atoms with Crippen LogP contribution in [0.3, 0.4) is 0 Å². The van der Waals surface area contributed by atoms with Crippen molar-refractivity contribution in [3.8, 4) is 0 Å². The lowest BCUT2D eigenvalue weighted by Gasteiger charge is -1.96. The van der Waals surface area contributed by atoms with Gasteiger partial charge in [0.05, 0.1) is 6.26 Å². The second-order valence-electron chi connectivity index (χ2n) is 2.77. The molecule has 0 spiro atoms. The Bertz CT molecular complexity index is 376. The maximum atomic E-state index is 8.71. The van der Waals surface area contributed by atoms with Gasteiger partial charge in [-0.3, -0.25) is 0 Å². The average molecular weight is 162 g/mol. The third kappa shape index (κ3) is 1.21. The number of hydrogen-bond acceptors (Lipinski definition) is 2. The number of aliphatic hydroxyl groups is 1. The van der Waals surface area contributed by atoms with E-state index in [0.29, 0.717) is 6.42 Å². The first-order valence-corrected chi connectivity index (χ1v) is 3.97. The first-order valence-electron chi connectivity index (χ1n) is 3.97. The van der Waals surface area contributed by atoms with E-state index in [1.807, 2.05) is 24.3 Å². The van der Waals surface area contributed by atoms with Gasteiger partial charge in [-0.25, -0.2) is 0 Å². The van der Waals surface area contributed by atoms with Gasteiger partial charge in [-0.15, -0.1) is 0 Å². The van der Waals surface area contributed by atoms with E-state index in [0.717, 1.165) is 16.5 Å². The van der Waals surface area contributed by atoms with E-state index in [4.69, 9.17) is 9.52 Å². The highest BCUT2D eigenvalue weighted by Crippen LogP contribution is 2.16. The smallest absolute Gasteiger partial charge is 0.134 e. The summed E-state index contributed by atoms with van der Waals surface area (Å²) in [6, 6.07) is 7.90. The van der Waals surface area contributed by atoms with Crippen LogP contribution < -0.4 is 0 Å². The lowest BCUT2D eigenvalue weighted by molar-refractivity contribution is 0.299. The summed E-state index contributed by atoms with van der Waals surface area (Å²) in [7, 11) is 0. The summed E-state index contributed by atoms with van der Waals surface area (Å²) in [5, 5.41) is 9.82. The van der Waals surface area contributed by atoms with Crippen molar-refractivity contribution in [2.45, 2.75) is 6.42 Å². The highest BCUT2D eigenvalue weighted by molar-refractivity contribution is 5.77. The van der Waals surface area contributed by atoms with Crippen molar-refractivity contribution in [1.82, 2.24) is 0 Å². The number of hydrogen-bond donors (Lipinski definition) is 1. The molecule has 1 aromatic carbocycles. The molecule has 0 aliphatic heterocycles. The SMILES string of the molecule is OCCc1ccc2ccoc2c1. The average Bonchev–Trinajstić information content (AvgIpc) is 2.51. The molecule has 2 nitrogen and oxygen atoms in total. The Morgan fingerprint density at radius 3 is 3.00 bits per heavy atom. The predicted octanol–water partition coefficient (Wildman–Crippen LogP) is 1.97. The molecule has 2 heteroatoms. The van der Waals surface area contributed by atoms with Gasteiger partial charge < -0.3 is 9.52 Å². The zero-order valence-corrected chi connectivity index (χ0v) is 6.66. The lowest BCUT2D eigenvalue weighted by Crippen LogP contribution is -1.88. The molecule has 2 aromatic rings. The normalized spacial score (nSPS) is 10.8. The lowest BCUT2D eigenvalue weighted by atomic mass is 10.1. The quantitative estimate of drug-likeness (QED) is 0.732. The van der Waals surface area contributed by atoms with E-state index in [-0.39, 0.29) is 6.61 Å². The van der Waals surface area contributed by atoms with E-state index in [9.17, 15) is 0 Å². The zero-order valence-electron chi connectivity index (χ0n) is 6.66. The predicted molar refractivity (Wildman–Crippen MR) is 47.0 cm³/mol. The minimum Gasteiger partial charge on any atom is -0.464 e. The molecule has 12 heavy (non-hydrogen) atoms. The van der Waals surface area contributed by atoms with E-state index in [2.05, 4.69) is 0 Å². The van der Waals surface area contributed by atoms with E-state index < -0.39 is 0 Å². The van der Waals surface area contributed by atoms with Crippen LogP contribution in [0.2, 0.25) is 0 Å². The first kappa shape index (κ1) is 7.37. The van der Waals surface area contributed by atoms with Crippen LogP contribution in [0.25, 0.3) is 11.0 Å². The van der Waals surface area contributed by atoms with E-state index >= 15 is 0 Å². The van der Waals surface area contributed by atoms with Crippen molar-refractivity contribution >= 4 is 11.0 Å². The summed E-state index contributed by atoms with van der Waals surface area (Å²) in [6.45, 7) is 0.187. The van der Waals surface area contributed by atoms with Gasteiger partial charge >= 0.3 is 0 Å². The van der Waals surface area contributed by atoms with E-state index in [1.54, 1.807) is 6.26 Å². The Hall–Kier alpha value is -1.28. The van der Waals surface area contributed by atoms with Crippen molar-refractivity contribution in [3.05, 3.63) is 36.1 Å². The van der Waals surface area contributed by atoms with Gasteiger partial charge in [0.2, 0.25) is 0 Å². The van der Waals surface area contributed by atoms with Crippen LogP contribution in [0, 0.1) is 0 Å². The largest absolute Gasteiger partial charge is 0.464 e. The van der Waals surface area contributed by atoms with Gasteiger partial charge in [-0.1, -0.05) is 12.1 Å². The third-order valence-electron chi connectivity index (χ3n) is 1.92. The molecule has 0 fully saturated rings. The van der Waals surface area contributed by atoms with Gasteiger partial charge in [0, 0.05) is 12.0 Å². The fourth-order valence-electron chi connectivity index (χ4n) is 1.28. The second-order valence-corrected chi connectivity index (χ2v) is 2.77. The van der Waals surface area contributed by atoms with Gasteiger partial charge in [-0.05, 0) is 24.1 Å². The first-order chi connectivity index (χ1) is 5.90. The van der Waals surface area contributed by atoms with Crippen molar-refractivity contribution < 1.29 is 9.52 Å². The molecular formula is C10H10O2. The molecule has 0 bridgehead atoms. The standard InChI is InChI=1S/C10H10O2/c11-5-3-8-1-2-9-4-6-12-10(9)7-8/h1-2,4,6-7,11H,3,5H2. The number of aliphatic hydroxyl groups excluding tert-OH is 1. The van der Waals surface area contributed by atoms with Gasteiger partial charge in [0.1, 0.15) is 5.58 Å². The summed E-state index contributed by atoms with van der Waals surface area (Å²) >= 11 is 0. The Morgan fingerprint density at radius 2 is 2.17 bits per heavy atom. The van der Waals surface area contributed by atoms with Crippen molar-refractivity contribution in [1.29, 1.82) is 0 Å². The van der Waals surface area contributed by atoms with Gasteiger partial charge in [0.15, 0.2) is 0 Å². The van der Waals surface area contributed by atoms with Crippen molar-refractivity contribution in [2.75, 3.05) is 6.61 Å². The van der Waals surface area contributed by atoms with Gasteiger partial charge in [0.25, 0.3) is 0 Å². The number of furan rings is 1. The number of benzene rings is 1. The van der Waals surface area contributed by atoms with Crippen molar-refractivity contribution in [3.63, 3.8) is 0 Å². The van der Waals surface area contributed by atoms with E-state index in [1.165, 1.54) is 0 Å². The topological polar surface area (TPSA) is 33.4 Å². The summed E-state index contributed by atoms with van der Waals surface area (Å²) in [4.78, 5) is 0. The number of fused-ring (bicyclic) bond motifs is 1. The zero-order chi connectivity index (χ0) is 8.39. The third-order valence-corrected chi connectivity index (χ3v) is 1.92. The molecule has 0 unspecified atom stereocenters. The highest BCUT2D eigenvalue weighted by atomic mass is 16.3. The van der Waals surface area contributed by atoms with Crippen LogP contribution >= 0.6 is 0 Å². The molecule has 0 saturated carbocycles. The molecule has 62 valence electrons. The van der Waals surface area contributed by atoms with Crippen molar-refractivity contribution in [2.24, 2.45) is 0 Å². The molecule has 0 saturated heterocycles. The second kappa shape index (κ2) is 2.99. The molecule has 1 heterocycles. The fraction of sp³-hybridized carbons (Fsp3) is 0.200. The fourth-order valence-corrected chi connectivity index (χ4v) is 1.28. The number of rotatable bonds is 2. The van der Waals surface area contributed by atoms with Gasteiger partial charge in [-0.2, -0.15) is 0 Å². The molecule has 0 aliphatic carbocycles. The Kier molecular flexibility index (Phi) is 1.84. The summed E-state index contributed by atoms with van der Waals surface area (Å²) in [5.74, 6) is 0. The molecule has 0 aliphatic rings. The molecule has 2 rings (SSSR count). The maximum Gasteiger partial charge on any atom is 0.134 e. The molecule has 1 aromatic heterocycles. The summed E-state index contributed by atoms with van der Waals surface area (Å²) in [5.41, 5.74) is 2.00. The summed E-state index contributed by atoms with van der Waals surface area (Å²) in [6.07, 6.45) is 2.37. The van der Waals surface area contributed by atoms with Crippen LogP contribution in [0.15, 0.2) is 34.9 Å². The summed E-state index contributed by atoms with van der Waals surface area (Å²) < 4.78 is 5.22. The van der Waals surface area contributed by atoms with Crippen LogP contribution in [-0.2, 0) is 6.42 Å². The molecule has 0 amide bonds. The Morgan fingerprint density at radius 1 is 1.25 bits per heavy atom. The van der Waals surface area contributed by atoms with Crippen LogP contribution in [0.1, 0.15) is 5.56 Å². The Labute approximate surface area is 70.4 Å². The van der Waals surface area contributed by atoms with Crippen LogP contribution in [0.4, 0.5) is 0 Å². The maximum absolute atomic E-state index is 8.71. The molecular weight excluding hydrogens is 152 g/mol. The minimum atomic E-state index is 0.187. The van der Waals surface area contributed by atoms with Crippen LogP contribution in [-0.4, -0.2) is 11.7 Å². The molecule has 0 radical (unpaired) electrons. The Balaban J connectivity index is 2.46.